The number of H-pyrrole nitrogens is 1. The zero-order valence-corrected chi connectivity index (χ0v) is 17.8. The van der Waals surface area contributed by atoms with Crippen LogP contribution in [0.5, 0.6) is 5.75 Å². The molecule has 1 aliphatic carbocycles. The maximum atomic E-state index is 9.77. The average molecular weight is 423 g/mol. The molecule has 1 aromatic carbocycles. The van der Waals surface area contributed by atoms with Crippen LogP contribution in [0, 0.1) is 18.3 Å². The Hall–Kier alpha value is -2.97. The van der Waals surface area contributed by atoms with Gasteiger partial charge in [-0.2, -0.15) is 5.26 Å². The highest BCUT2D eigenvalue weighted by molar-refractivity contribution is 6.31. The first-order valence-corrected chi connectivity index (χ1v) is 10.7. The van der Waals surface area contributed by atoms with Crippen molar-refractivity contribution in [3.8, 4) is 23.1 Å². The van der Waals surface area contributed by atoms with Gasteiger partial charge in [-0.15, -0.1) is 0 Å². The number of nitrogens with two attached hydrogens (primary N) is 1. The van der Waals surface area contributed by atoms with Crippen molar-refractivity contribution in [3.05, 3.63) is 63.5 Å². The van der Waals surface area contributed by atoms with E-state index in [0.29, 0.717) is 34.5 Å². The predicted octanol–water partition coefficient (Wildman–Crippen LogP) is 5.41. The average Bonchev–Trinajstić information content (AvgIpc) is 3.18. The summed E-state index contributed by atoms with van der Waals surface area (Å²) < 4.78 is 12.0. The Kier molecular flexibility index (Phi) is 5.96. The Morgan fingerprint density at radius 2 is 1.97 bits per heavy atom. The Bertz CT molecular complexity index is 1110. The van der Waals surface area contributed by atoms with Gasteiger partial charge in [0, 0.05) is 17.0 Å². The number of aryl methyl sites for hydroxylation is 2. The van der Waals surface area contributed by atoms with Gasteiger partial charge >= 0.3 is 0 Å². The second kappa shape index (κ2) is 8.81. The third-order valence-corrected chi connectivity index (χ3v) is 6.03. The molecule has 4 rings (SSSR count). The zero-order chi connectivity index (χ0) is 21.1. The van der Waals surface area contributed by atoms with Crippen LogP contribution in [0.3, 0.4) is 0 Å². The number of nitrogens with zero attached hydrogens (tertiary/aromatic N) is 1. The second-order valence-corrected chi connectivity index (χ2v) is 8.14. The maximum Gasteiger partial charge on any atom is 0.289 e. The molecule has 0 saturated heterocycles. The molecule has 0 fully saturated rings. The fourth-order valence-corrected chi connectivity index (χ4v) is 4.14. The summed E-state index contributed by atoms with van der Waals surface area (Å²) in [5.74, 6) is 2.48. The van der Waals surface area contributed by atoms with Crippen LogP contribution < -0.4 is 15.5 Å². The molecule has 3 N–H and O–H groups in total. The van der Waals surface area contributed by atoms with Crippen LogP contribution in [0.15, 0.2) is 34.7 Å². The quantitative estimate of drug-likeness (QED) is 0.608. The van der Waals surface area contributed by atoms with E-state index >= 15 is 0 Å². The molecule has 5 nitrogen and oxygen atoms in total. The molecule has 0 radical (unpaired) electrons. The van der Waals surface area contributed by atoms with Crippen molar-refractivity contribution in [1.29, 1.82) is 5.26 Å². The van der Waals surface area contributed by atoms with E-state index in [1.54, 1.807) is 0 Å². The molecule has 6 heteroatoms. The zero-order valence-electron chi connectivity index (χ0n) is 17.1. The molecule has 2 heterocycles. The lowest BCUT2D eigenvalue weighted by Gasteiger charge is -2.16. The molecular weight excluding hydrogens is 398 g/mol. The van der Waals surface area contributed by atoms with Gasteiger partial charge in [0.15, 0.2) is 5.56 Å². The van der Waals surface area contributed by atoms with Crippen LogP contribution in [0.4, 0.5) is 5.82 Å². The third kappa shape index (κ3) is 4.15. The van der Waals surface area contributed by atoms with Crippen LogP contribution in [-0.2, 0) is 19.4 Å². The number of pyridine rings is 1. The van der Waals surface area contributed by atoms with Crippen molar-refractivity contribution in [2.45, 2.75) is 52.1 Å². The lowest BCUT2D eigenvalue weighted by Crippen LogP contribution is -2.23. The van der Waals surface area contributed by atoms with E-state index in [0.717, 1.165) is 53.8 Å². The van der Waals surface area contributed by atoms with Gasteiger partial charge in [0.1, 0.15) is 35.6 Å². The molecule has 154 valence electrons. The molecule has 0 spiro atoms. The summed E-state index contributed by atoms with van der Waals surface area (Å²) in [5.41, 5.74) is 10.7. The first kappa shape index (κ1) is 20.3. The second-order valence-electron chi connectivity index (χ2n) is 7.74. The number of nitrogen functional groups attached to an aromatic ring is 1. The summed E-state index contributed by atoms with van der Waals surface area (Å²) >= 11 is 6.08. The minimum absolute atomic E-state index is 0.291. The summed E-state index contributed by atoms with van der Waals surface area (Å²) in [5, 5.41) is 10.5. The van der Waals surface area contributed by atoms with Gasteiger partial charge in [0.05, 0.1) is 5.56 Å². The van der Waals surface area contributed by atoms with Gasteiger partial charge in [-0.1, -0.05) is 24.4 Å². The van der Waals surface area contributed by atoms with Gasteiger partial charge in [0.25, 0.3) is 5.82 Å². The number of hydrogen-bond acceptors (Lipinski definition) is 4. The highest BCUT2D eigenvalue weighted by atomic mass is 35.5. The van der Waals surface area contributed by atoms with Gasteiger partial charge in [-0.3, -0.25) is 5.73 Å². The Labute approximate surface area is 181 Å². The SMILES string of the molecule is Cc1cc(OCc2ccc(-c3c(C#N)c(N)[nH+]c4c3CCCCCC4)o2)ccc1Cl. The standard InChI is InChI=1S/C24H24ClN3O2/c1-15-12-16(8-10-20(15)25)29-14-17-9-11-22(30-17)23-18-6-4-2-3-5-7-21(18)28-24(27)19(23)13-26/h8-12H,2-7,14H2,1H3,(H2,27,28)/p+1. The number of anilines is 1. The van der Waals surface area contributed by atoms with Crippen molar-refractivity contribution < 1.29 is 14.1 Å². The fraction of sp³-hybridized carbons (Fsp3) is 0.333. The molecular formula is C24H25ClN3O2+. The van der Waals surface area contributed by atoms with Crippen molar-refractivity contribution >= 4 is 17.4 Å². The van der Waals surface area contributed by atoms with Crippen LogP contribution in [0.2, 0.25) is 5.02 Å². The molecule has 3 aromatic rings. The van der Waals surface area contributed by atoms with E-state index in [2.05, 4.69) is 11.1 Å². The van der Waals surface area contributed by atoms with E-state index in [1.807, 2.05) is 37.3 Å². The largest absolute Gasteiger partial charge is 0.486 e. The number of rotatable bonds is 4. The van der Waals surface area contributed by atoms with Crippen molar-refractivity contribution in [1.82, 2.24) is 0 Å². The Balaban J connectivity index is 1.65. The van der Waals surface area contributed by atoms with Gasteiger partial charge in [-0.05, 0) is 62.1 Å². The normalized spacial score (nSPS) is 13.8. The first-order valence-electron chi connectivity index (χ1n) is 10.3. The Morgan fingerprint density at radius 3 is 2.73 bits per heavy atom. The number of nitriles is 1. The molecule has 0 aliphatic heterocycles. The summed E-state index contributed by atoms with van der Waals surface area (Å²) in [6, 6.07) is 11.6. The van der Waals surface area contributed by atoms with Crippen LogP contribution >= 0.6 is 11.6 Å². The first-order chi connectivity index (χ1) is 14.6. The number of furan rings is 1. The summed E-state index contributed by atoms with van der Waals surface area (Å²) in [6.07, 6.45) is 6.47. The predicted molar refractivity (Wildman–Crippen MR) is 116 cm³/mol. The number of aromatic amines is 1. The highest BCUT2D eigenvalue weighted by Gasteiger charge is 2.25. The molecule has 1 aliphatic rings. The maximum absolute atomic E-state index is 9.77. The number of hydrogen-bond donors (Lipinski definition) is 1. The van der Waals surface area contributed by atoms with Crippen LogP contribution in [0.25, 0.3) is 11.3 Å². The van der Waals surface area contributed by atoms with Gasteiger partial charge in [-0.25, -0.2) is 4.98 Å². The minimum atomic E-state index is 0.291. The molecule has 30 heavy (non-hydrogen) atoms. The van der Waals surface area contributed by atoms with Crippen molar-refractivity contribution in [3.63, 3.8) is 0 Å². The van der Waals surface area contributed by atoms with E-state index in [-0.39, 0.29) is 0 Å². The number of fused-ring (bicyclic) bond motifs is 1. The van der Waals surface area contributed by atoms with Crippen LogP contribution in [0.1, 0.15) is 53.8 Å². The fourth-order valence-electron chi connectivity index (χ4n) is 4.02. The molecule has 0 unspecified atom stereocenters. The monoisotopic (exact) mass is 422 g/mol. The Morgan fingerprint density at radius 1 is 1.17 bits per heavy atom. The van der Waals surface area contributed by atoms with Crippen LogP contribution in [-0.4, -0.2) is 0 Å². The van der Waals surface area contributed by atoms with Crippen molar-refractivity contribution in [2.24, 2.45) is 0 Å². The van der Waals surface area contributed by atoms with E-state index in [9.17, 15) is 5.26 Å². The highest BCUT2D eigenvalue weighted by Crippen LogP contribution is 2.34. The van der Waals surface area contributed by atoms with E-state index in [4.69, 9.17) is 26.5 Å². The molecule has 0 atom stereocenters. The van der Waals surface area contributed by atoms with Gasteiger partial charge in [0.2, 0.25) is 0 Å². The number of benzene rings is 1. The number of ether oxygens (including phenoxy) is 1. The van der Waals surface area contributed by atoms with Crippen molar-refractivity contribution in [2.75, 3.05) is 5.73 Å². The smallest absolute Gasteiger partial charge is 0.289 e. The van der Waals surface area contributed by atoms with Gasteiger partial charge < -0.3 is 9.15 Å². The lowest BCUT2D eigenvalue weighted by atomic mass is 9.90. The number of nitrogens with one attached hydrogen (secondary N) is 1. The number of halogens is 1. The lowest BCUT2D eigenvalue weighted by molar-refractivity contribution is -0.374. The summed E-state index contributed by atoms with van der Waals surface area (Å²) in [7, 11) is 0. The molecule has 0 amide bonds. The topological polar surface area (TPSA) is 86.3 Å². The van der Waals surface area contributed by atoms with E-state index < -0.39 is 0 Å². The summed E-state index contributed by atoms with van der Waals surface area (Å²) in [4.78, 5) is 3.27. The third-order valence-electron chi connectivity index (χ3n) is 5.60. The van der Waals surface area contributed by atoms with E-state index in [1.165, 1.54) is 12.8 Å². The molecule has 2 aromatic heterocycles. The minimum Gasteiger partial charge on any atom is -0.486 e. The molecule has 0 bridgehead atoms. The summed E-state index contributed by atoms with van der Waals surface area (Å²) in [6.45, 7) is 2.23. The number of aromatic nitrogens is 1. The molecule has 0 saturated carbocycles.